The molecule has 0 aliphatic rings. The quantitative estimate of drug-likeness (QED) is 0.652. The van der Waals surface area contributed by atoms with E-state index < -0.39 is 0 Å². The summed E-state index contributed by atoms with van der Waals surface area (Å²) in [6.07, 6.45) is 9.43. The van der Waals surface area contributed by atoms with E-state index in [0.717, 1.165) is 25.3 Å². The van der Waals surface area contributed by atoms with Gasteiger partial charge >= 0.3 is 0 Å². The first kappa shape index (κ1) is 13.2. The van der Waals surface area contributed by atoms with Gasteiger partial charge in [-0.15, -0.1) is 10.2 Å². The topological polar surface area (TPSA) is 42.7 Å². The number of aryl methyl sites for hydroxylation is 1. The molecular weight excluding hydrogens is 200 g/mol. The molecule has 4 nitrogen and oxygen atoms in total. The number of unbranched alkanes of at least 4 members (excludes halogenated alkanes) is 4. The lowest BCUT2D eigenvalue weighted by Crippen LogP contribution is -2.19. The van der Waals surface area contributed by atoms with Crippen LogP contribution in [0.15, 0.2) is 6.33 Å². The molecule has 0 spiro atoms. The zero-order chi connectivity index (χ0) is 11.6. The second-order valence-electron chi connectivity index (χ2n) is 4.27. The van der Waals surface area contributed by atoms with Gasteiger partial charge in [-0.3, -0.25) is 0 Å². The molecule has 0 atom stereocenters. The van der Waals surface area contributed by atoms with Gasteiger partial charge in [0.2, 0.25) is 0 Å². The summed E-state index contributed by atoms with van der Waals surface area (Å²) in [6.45, 7) is 4.38. The van der Waals surface area contributed by atoms with Gasteiger partial charge in [-0.05, 0) is 13.0 Å². The molecule has 92 valence electrons. The molecule has 0 bridgehead atoms. The SMILES string of the molecule is CCCCCCCNCCc1nncn1C. The van der Waals surface area contributed by atoms with Gasteiger partial charge in [-0.2, -0.15) is 0 Å². The third-order valence-electron chi connectivity index (χ3n) is 2.79. The summed E-state index contributed by atoms with van der Waals surface area (Å²) in [6, 6.07) is 0. The molecule has 0 radical (unpaired) electrons. The fraction of sp³-hybridized carbons (Fsp3) is 0.833. The summed E-state index contributed by atoms with van der Waals surface area (Å²) in [7, 11) is 1.99. The number of nitrogens with one attached hydrogen (secondary N) is 1. The van der Waals surface area contributed by atoms with Crippen molar-refractivity contribution < 1.29 is 0 Å². The second-order valence-corrected chi connectivity index (χ2v) is 4.27. The summed E-state index contributed by atoms with van der Waals surface area (Å²) < 4.78 is 1.98. The van der Waals surface area contributed by atoms with Crippen molar-refractivity contribution >= 4 is 0 Å². The second kappa shape index (κ2) is 8.28. The highest BCUT2D eigenvalue weighted by Crippen LogP contribution is 2.01. The Bertz CT molecular complexity index is 270. The minimum atomic E-state index is 0.964. The van der Waals surface area contributed by atoms with Crippen molar-refractivity contribution in [3.8, 4) is 0 Å². The Kier molecular flexibility index (Phi) is 6.81. The Morgan fingerprint density at radius 3 is 2.69 bits per heavy atom. The molecule has 4 heteroatoms. The molecule has 16 heavy (non-hydrogen) atoms. The summed E-state index contributed by atoms with van der Waals surface area (Å²) in [5, 5.41) is 11.3. The molecule has 0 saturated heterocycles. The molecule has 1 N–H and O–H groups in total. The fourth-order valence-electron chi connectivity index (χ4n) is 1.71. The number of nitrogens with zero attached hydrogens (tertiary/aromatic N) is 3. The third-order valence-corrected chi connectivity index (χ3v) is 2.79. The molecule has 0 amide bonds. The van der Waals surface area contributed by atoms with Crippen LogP contribution in [-0.2, 0) is 13.5 Å². The molecule has 1 heterocycles. The first-order valence-corrected chi connectivity index (χ1v) is 6.38. The lowest BCUT2D eigenvalue weighted by atomic mass is 10.1. The van der Waals surface area contributed by atoms with Crippen LogP contribution in [0, 0.1) is 0 Å². The summed E-state index contributed by atoms with van der Waals surface area (Å²) in [4.78, 5) is 0. The first-order chi connectivity index (χ1) is 7.84. The van der Waals surface area contributed by atoms with E-state index in [9.17, 15) is 0 Å². The van der Waals surface area contributed by atoms with Gasteiger partial charge in [0.15, 0.2) is 0 Å². The van der Waals surface area contributed by atoms with Gasteiger partial charge in [0.25, 0.3) is 0 Å². The Morgan fingerprint density at radius 2 is 2.00 bits per heavy atom. The van der Waals surface area contributed by atoms with E-state index in [4.69, 9.17) is 0 Å². The Balaban J connectivity index is 1.91. The van der Waals surface area contributed by atoms with Gasteiger partial charge in [0.05, 0.1) is 0 Å². The van der Waals surface area contributed by atoms with Crippen molar-refractivity contribution in [3.63, 3.8) is 0 Å². The van der Waals surface area contributed by atoms with Gasteiger partial charge in [-0.25, -0.2) is 0 Å². The van der Waals surface area contributed by atoms with Crippen molar-refractivity contribution in [3.05, 3.63) is 12.2 Å². The smallest absolute Gasteiger partial charge is 0.133 e. The molecule has 0 aromatic carbocycles. The van der Waals surface area contributed by atoms with Crippen molar-refractivity contribution in [2.75, 3.05) is 13.1 Å². The third kappa shape index (κ3) is 5.26. The molecule has 1 aromatic rings. The van der Waals surface area contributed by atoms with Crippen molar-refractivity contribution in [2.24, 2.45) is 7.05 Å². The van der Waals surface area contributed by atoms with E-state index >= 15 is 0 Å². The number of hydrogen-bond donors (Lipinski definition) is 1. The number of hydrogen-bond acceptors (Lipinski definition) is 3. The van der Waals surface area contributed by atoms with E-state index in [1.165, 1.54) is 32.1 Å². The molecule has 0 fully saturated rings. The summed E-state index contributed by atoms with van der Waals surface area (Å²) in [5.74, 6) is 1.05. The molecular formula is C12H24N4. The summed E-state index contributed by atoms with van der Waals surface area (Å²) >= 11 is 0. The van der Waals surface area contributed by atoms with Crippen LogP contribution in [0.4, 0.5) is 0 Å². The van der Waals surface area contributed by atoms with E-state index in [2.05, 4.69) is 22.4 Å². The highest BCUT2D eigenvalue weighted by Gasteiger charge is 1.98. The zero-order valence-electron chi connectivity index (χ0n) is 10.6. The minimum absolute atomic E-state index is 0.964. The van der Waals surface area contributed by atoms with Gasteiger partial charge in [0, 0.05) is 20.0 Å². The van der Waals surface area contributed by atoms with Gasteiger partial charge in [-0.1, -0.05) is 32.6 Å². The molecule has 0 unspecified atom stereocenters. The minimum Gasteiger partial charge on any atom is -0.321 e. The van der Waals surface area contributed by atoms with Crippen molar-refractivity contribution in [2.45, 2.75) is 45.4 Å². The number of aromatic nitrogens is 3. The fourth-order valence-corrected chi connectivity index (χ4v) is 1.71. The lowest BCUT2D eigenvalue weighted by Gasteiger charge is -2.04. The predicted molar refractivity (Wildman–Crippen MR) is 66.3 cm³/mol. The van der Waals surface area contributed by atoms with Crippen LogP contribution in [-0.4, -0.2) is 27.9 Å². The standard InChI is InChI=1S/C12H24N4/c1-3-4-5-6-7-9-13-10-8-12-15-14-11-16(12)2/h11,13H,3-10H2,1-2H3. The van der Waals surface area contributed by atoms with Gasteiger partial charge in [0.1, 0.15) is 12.2 Å². The Hall–Kier alpha value is -0.900. The normalized spacial score (nSPS) is 10.9. The molecule has 0 aliphatic carbocycles. The largest absolute Gasteiger partial charge is 0.321 e. The average Bonchev–Trinajstić information content (AvgIpc) is 2.68. The van der Waals surface area contributed by atoms with Crippen LogP contribution in [0.3, 0.4) is 0 Å². The van der Waals surface area contributed by atoms with Gasteiger partial charge < -0.3 is 9.88 Å². The van der Waals surface area contributed by atoms with E-state index in [1.54, 1.807) is 6.33 Å². The van der Waals surface area contributed by atoms with Crippen LogP contribution in [0.5, 0.6) is 0 Å². The number of rotatable bonds is 9. The maximum Gasteiger partial charge on any atom is 0.133 e. The molecule has 0 saturated carbocycles. The lowest BCUT2D eigenvalue weighted by molar-refractivity contribution is 0.577. The summed E-state index contributed by atoms with van der Waals surface area (Å²) in [5.41, 5.74) is 0. The Labute approximate surface area is 98.5 Å². The molecule has 1 rings (SSSR count). The molecule has 0 aliphatic heterocycles. The maximum atomic E-state index is 4.05. The Morgan fingerprint density at radius 1 is 1.19 bits per heavy atom. The van der Waals surface area contributed by atoms with Crippen LogP contribution < -0.4 is 5.32 Å². The van der Waals surface area contributed by atoms with E-state index in [0.29, 0.717) is 0 Å². The monoisotopic (exact) mass is 224 g/mol. The van der Waals surface area contributed by atoms with Crippen LogP contribution >= 0.6 is 0 Å². The molecule has 1 aromatic heterocycles. The van der Waals surface area contributed by atoms with Crippen molar-refractivity contribution in [1.29, 1.82) is 0 Å². The average molecular weight is 224 g/mol. The zero-order valence-corrected chi connectivity index (χ0v) is 10.6. The van der Waals surface area contributed by atoms with Crippen molar-refractivity contribution in [1.82, 2.24) is 20.1 Å². The van der Waals surface area contributed by atoms with Crippen LogP contribution in [0.2, 0.25) is 0 Å². The van der Waals surface area contributed by atoms with Crippen LogP contribution in [0.1, 0.15) is 44.9 Å². The van der Waals surface area contributed by atoms with Crippen LogP contribution in [0.25, 0.3) is 0 Å². The first-order valence-electron chi connectivity index (χ1n) is 6.38. The highest BCUT2D eigenvalue weighted by molar-refractivity contribution is 4.84. The predicted octanol–water partition coefficient (Wildman–Crippen LogP) is 1.92. The van der Waals surface area contributed by atoms with E-state index in [1.807, 2.05) is 11.6 Å². The maximum absolute atomic E-state index is 4.05. The van der Waals surface area contributed by atoms with E-state index in [-0.39, 0.29) is 0 Å². The highest BCUT2D eigenvalue weighted by atomic mass is 15.2.